The van der Waals surface area contributed by atoms with E-state index < -0.39 is 0 Å². The smallest absolute Gasteiger partial charge is 0.229 e. The molecule has 1 unspecified atom stereocenters. The summed E-state index contributed by atoms with van der Waals surface area (Å²) in [6.07, 6.45) is 8.28. The molecule has 3 heterocycles. The van der Waals surface area contributed by atoms with Crippen molar-refractivity contribution in [3.8, 4) is 0 Å². The fourth-order valence-electron chi connectivity index (χ4n) is 4.63. The summed E-state index contributed by atoms with van der Waals surface area (Å²) in [4.78, 5) is 20.7. The number of nitrogens with one attached hydrogen (secondary N) is 2. The first-order chi connectivity index (χ1) is 17.4. The third-order valence-electron chi connectivity index (χ3n) is 6.48. The Morgan fingerprint density at radius 1 is 1.11 bits per heavy atom. The van der Waals surface area contributed by atoms with Crippen molar-refractivity contribution in [3.63, 3.8) is 0 Å². The van der Waals surface area contributed by atoms with E-state index >= 15 is 0 Å². The maximum atomic E-state index is 4.78. The predicted molar refractivity (Wildman–Crippen MR) is 154 cm³/mol. The maximum Gasteiger partial charge on any atom is 0.229 e. The van der Waals surface area contributed by atoms with E-state index in [0.717, 1.165) is 52.1 Å². The normalized spacial score (nSPS) is 15.9. The van der Waals surface area contributed by atoms with Crippen LogP contribution in [0.3, 0.4) is 0 Å². The van der Waals surface area contributed by atoms with E-state index in [1.807, 2.05) is 25.4 Å². The van der Waals surface area contributed by atoms with Gasteiger partial charge in [0.1, 0.15) is 11.3 Å². The van der Waals surface area contributed by atoms with Crippen LogP contribution in [0.5, 0.6) is 0 Å². The monoisotopic (exact) mass is 564 g/mol. The van der Waals surface area contributed by atoms with Crippen molar-refractivity contribution in [1.29, 1.82) is 0 Å². The number of rotatable bonds is 6. The van der Waals surface area contributed by atoms with Crippen molar-refractivity contribution in [2.24, 2.45) is 0 Å². The maximum absolute atomic E-state index is 4.78. The van der Waals surface area contributed by atoms with Crippen molar-refractivity contribution in [1.82, 2.24) is 24.8 Å². The standard InChI is InChI=1S/C26H29BrN8S/c1-16-15-34(2)12-9-17-5-6-18(13-19(16)17)31-26-30-14-20(27)25(33-26)32-22-8-7-21-23(29-11-10-28-21)24(22)35(3)36-4/h5-8,10-11,13-14,16H,9,12,15H2,1-4H3,(H2,30,31,32,33). The van der Waals surface area contributed by atoms with Crippen LogP contribution in [0.4, 0.5) is 28.8 Å². The second-order valence-corrected chi connectivity index (χ2v) is 10.8. The number of anilines is 5. The first kappa shape index (κ1) is 24.7. The van der Waals surface area contributed by atoms with E-state index in [1.165, 1.54) is 11.1 Å². The Balaban J connectivity index is 1.45. The lowest BCUT2D eigenvalue weighted by molar-refractivity contribution is 0.332. The largest absolute Gasteiger partial charge is 0.337 e. The number of fused-ring (bicyclic) bond motifs is 2. The highest BCUT2D eigenvalue weighted by Gasteiger charge is 2.19. The number of hydrogen-bond donors (Lipinski definition) is 2. The minimum absolute atomic E-state index is 0.472. The molecule has 0 aliphatic carbocycles. The van der Waals surface area contributed by atoms with Crippen molar-refractivity contribution >= 4 is 67.7 Å². The summed E-state index contributed by atoms with van der Waals surface area (Å²) in [6.45, 7) is 4.44. The van der Waals surface area contributed by atoms with E-state index in [0.29, 0.717) is 17.7 Å². The molecule has 36 heavy (non-hydrogen) atoms. The fourth-order valence-corrected chi connectivity index (χ4v) is 5.29. The molecule has 1 aliphatic rings. The summed E-state index contributed by atoms with van der Waals surface area (Å²) in [7, 11) is 4.20. The summed E-state index contributed by atoms with van der Waals surface area (Å²) in [5, 5.41) is 6.88. The molecule has 0 saturated carbocycles. The van der Waals surface area contributed by atoms with Crippen LogP contribution < -0.4 is 14.9 Å². The zero-order valence-electron chi connectivity index (χ0n) is 20.8. The van der Waals surface area contributed by atoms with Gasteiger partial charge in [0.2, 0.25) is 5.95 Å². The van der Waals surface area contributed by atoms with Gasteiger partial charge in [0, 0.05) is 50.7 Å². The van der Waals surface area contributed by atoms with E-state index in [4.69, 9.17) is 4.98 Å². The molecule has 0 radical (unpaired) electrons. The van der Waals surface area contributed by atoms with Gasteiger partial charge in [0.15, 0.2) is 0 Å². The minimum atomic E-state index is 0.472. The fraction of sp³-hybridized carbons (Fsp3) is 0.308. The molecule has 186 valence electrons. The van der Waals surface area contributed by atoms with Crippen molar-refractivity contribution < 1.29 is 0 Å². The number of likely N-dealkylation sites (N-methyl/N-ethyl adjacent to an activating group) is 1. The van der Waals surface area contributed by atoms with Gasteiger partial charge in [-0.15, -0.1) is 0 Å². The molecular formula is C26H29BrN8S. The van der Waals surface area contributed by atoms with Crippen LogP contribution in [-0.2, 0) is 6.42 Å². The molecule has 0 bridgehead atoms. The average Bonchev–Trinajstić information content (AvgIpc) is 3.02. The van der Waals surface area contributed by atoms with E-state index in [9.17, 15) is 0 Å². The molecule has 2 N–H and O–H groups in total. The molecule has 1 aliphatic heterocycles. The molecule has 2 aromatic heterocycles. The van der Waals surface area contributed by atoms with Crippen LogP contribution in [-0.4, -0.2) is 58.3 Å². The Labute approximate surface area is 224 Å². The lowest BCUT2D eigenvalue weighted by atomic mass is 9.95. The predicted octanol–water partition coefficient (Wildman–Crippen LogP) is 5.98. The van der Waals surface area contributed by atoms with Crippen molar-refractivity contribution in [3.05, 3.63) is 64.5 Å². The number of aromatic nitrogens is 4. The summed E-state index contributed by atoms with van der Waals surface area (Å²) in [5.41, 5.74) is 7.29. The lowest BCUT2D eigenvalue weighted by Crippen LogP contribution is -2.22. The molecule has 0 amide bonds. The topological polar surface area (TPSA) is 82.1 Å². The molecule has 0 spiro atoms. The van der Waals surface area contributed by atoms with Gasteiger partial charge in [-0.3, -0.25) is 9.97 Å². The number of halogens is 1. The SMILES string of the molecule is CSN(C)c1c(Nc2nc(Nc3ccc4c(c3)C(C)CN(C)CC4)ncc2Br)ccc2nccnc12. The number of hydrogen-bond acceptors (Lipinski definition) is 9. The molecule has 4 aromatic rings. The second kappa shape index (κ2) is 10.6. The Morgan fingerprint density at radius 3 is 2.78 bits per heavy atom. The van der Waals surface area contributed by atoms with E-state index in [-0.39, 0.29) is 0 Å². The van der Waals surface area contributed by atoms with Crippen molar-refractivity contribution in [2.45, 2.75) is 19.3 Å². The Kier molecular flexibility index (Phi) is 7.27. The summed E-state index contributed by atoms with van der Waals surface area (Å²) < 4.78 is 2.84. The average molecular weight is 566 g/mol. The third-order valence-corrected chi connectivity index (χ3v) is 7.79. The van der Waals surface area contributed by atoms with Gasteiger partial charge >= 0.3 is 0 Å². The quantitative estimate of drug-likeness (QED) is 0.275. The van der Waals surface area contributed by atoms with E-state index in [1.54, 1.807) is 30.5 Å². The molecule has 2 aromatic carbocycles. The zero-order valence-corrected chi connectivity index (χ0v) is 23.2. The highest BCUT2D eigenvalue weighted by Crippen LogP contribution is 2.37. The molecule has 10 heteroatoms. The summed E-state index contributed by atoms with van der Waals surface area (Å²) >= 11 is 5.21. The lowest BCUT2D eigenvalue weighted by Gasteiger charge is -2.21. The van der Waals surface area contributed by atoms with Crippen LogP contribution in [0, 0.1) is 0 Å². The Hall–Kier alpha value is -2.95. The molecule has 0 fully saturated rings. The molecule has 1 atom stereocenters. The Bertz CT molecular complexity index is 1400. The highest BCUT2D eigenvalue weighted by atomic mass is 79.9. The van der Waals surface area contributed by atoms with Gasteiger partial charge in [-0.1, -0.05) is 24.9 Å². The van der Waals surface area contributed by atoms with Gasteiger partial charge < -0.3 is 19.8 Å². The van der Waals surface area contributed by atoms with Crippen LogP contribution in [0.25, 0.3) is 11.0 Å². The number of nitrogens with zero attached hydrogens (tertiary/aromatic N) is 6. The third kappa shape index (κ3) is 5.11. The molecule has 0 saturated heterocycles. The van der Waals surface area contributed by atoms with Crippen molar-refractivity contribution in [2.75, 3.05) is 48.4 Å². The van der Waals surface area contributed by atoms with Gasteiger partial charge in [0.25, 0.3) is 0 Å². The highest BCUT2D eigenvalue weighted by molar-refractivity contribution is 9.10. The Morgan fingerprint density at radius 2 is 1.94 bits per heavy atom. The summed E-state index contributed by atoms with van der Waals surface area (Å²) in [5.74, 6) is 1.66. The van der Waals surface area contributed by atoms with Crippen LogP contribution >= 0.6 is 27.9 Å². The van der Waals surface area contributed by atoms with Gasteiger partial charge in [-0.25, -0.2) is 4.98 Å². The van der Waals surface area contributed by atoms with E-state index in [2.05, 4.69) is 82.9 Å². The van der Waals surface area contributed by atoms with Crippen LogP contribution in [0.15, 0.2) is 53.4 Å². The summed E-state index contributed by atoms with van der Waals surface area (Å²) in [6, 6.07) is 10.6. The molecule has 5 rings (SSSR count). The first-order valence-electron chi connectivity index (χ1n) is 11.8. The first-order valence-corrected chi connectivity index (χ1v) is 13.8. The van der Waals surface area contributed by atoms with Gasteiger partial charge in [0.05, 0.1) is 21.4 Å². The zero-order chi connectivity index (χ0) is 25.2. The minimum Gasteiger partial charge on any atom is -0.337 e. The molecular weight excluding hydrogens is 536 g/mol. The van der Waals surface area contributed by atoms with Gasteiger partial charge in [-0.05, 0) is 70.7 Å². The van der Waals surface area contributed by atoms with Crippen LogP contribution in [0.2, 0.25) is 0 Å². The van der Waals surface area contributed by atoms with Gasteiger partial charge in [-0.2, -0.15) is 4.98 Å². The van der Waals surface area contributed by atoms with Crippen LogP contribution in [0.1, 0.15) is 24.0 Å². The second-order valence-electron chi connectivity index (χ2n) is 9.03. The number of benzene rings is 2. The molecule has 8 nitrogen and oxygen atoms in total.